The molecule has 0 atom stereocenters. The van der Waals surface area contributed by atoms with Crippen LogP contribution in [0.15, 0.2) is 85.2 Å². The molecular weight excluding hydrogens is 340 g/mol. The first kappa shape index (κ1) is 17.0. The van der Waals surface area contributed by atoms with Crippen LogP contribution in [0.2, 0.25) is 0 Å². The van der Waals surface area contributed by atoms with Gasteiger partial charge in [0.2, 0.25) is 5.60 Å². The number of amides is 2. The SMILES string of the molecule is O=C1OC(c2ccccc2)(c2ccccc2)C(=O)N1CCc1ccncc1. The minimum absolute atomic E-state index is 0.253. The lowest BCUT2D eigenvalue weighted by atomic mass is 9.85. The Morgan fingerprint density at radius 2 is 1.37 bits per heavy atom. The molecule has 2 aromatic carbocycles. The summed E-state index contributed by atoms with van der Waals surface area (Å²) in [5.41, 5.74) is 0.835. The average molecular weight is 358 g/mol. The van der Waals surface area contributed by atoms with Crippen molar-refractivity contribution in [2.24, 2.45) is 0 Å². The molecule has 0 unspecified atom stereocenters. The van der Waals surface area contributed by atoms with Crippen LogP contribution in [-0.4, -0.2) is 28.4 Å². The third-order valence-corrected chi connectivity index (χ3v) is 4.74. The third-order valence-electron chi connectivity index (χ3n) is 4.74. The van der Waals surface area contributed by atoms with Gasteiger partial charge in [0.05, 0.1) is 0 Å². The van der Waals surface area contributed by atoms with Crippen LogP contribution in [0.3, 0.4) is 0 Å². The zero-order valence-corrected chi connectivity index (χ0v) is 14.6. The van der Waals surface area contributed by atoms with Gasteiger partial charge in [-0.1, -0.05) is 60.7 Å². The first-order valence-corrected chi connectivity index (χ1v) is 8.77. The van der Waals surface area contributed by atoms with Crippen molar-refractivity contribution >= 4 is 12.0 Å². The molecular formula is C22H18N2O3. The summed E-state index contributed by atoms with van der Waals surface area (Å²) < 4.78 is 5.76. The van der Waals surface area contributed by atoms with Crippen LogP contribution in [0.4, 0.5) is 4.79 Å². The fraction of sp³-hybridized carbons (Fsp3) is 0.136. The van der Waals surface area contributed by atoms with E-state index in [-0.39, 0.29) is 12.5 Å². The van der Waals surface area contributed by atoms with Crippen LogP contribution in [0.25, 0.3) is 0 Å². The second kappa shape index (κ2) is 7.03. The van der Waals surface area contributed by atoms with E-state index >= 15 is 0 Å². The average Bonchev–Trinajstić information content (AvgIpc) is 2.99. The summed E-state index contributed by atoms with van der Waals surface area (Å²) in [6.07, 6.45) is 3.31. The van der Waals surface area contributed by atoms with Gasteiger partial charge in [-0.3, -0.25) is 9.78 Å². The maximum Gasteiger partial charge on any atom is 0.418 e. The predicted octanol–water partition coefficient (Wildman–Crippen LogP) is 3.55. The Labute approximate surface area is 157 Å². The smallest absolute Gasteiger partial charge is 0.418 e. The Balaban J connectivity index is 1.71. The molecule has 1 aromatic heterocycles. The molecule has 0 saturated carbocycles. The minimum atomic E-state index is -1.45. The highest BCUT2D eigenvalue weighted by molar-refractivity contribution is 6.05. The van der Waals surface area contributed by atoms with Crippen molar-refractivity contribution < 1.29 is 14.3 Å². The molecule has 3 aromatic rings. The quantitative estimate of drug-likeness (QED) is 0.700. The van der Waals surface area contributed by atoms with Gasteiger partial charge in [-0.2, -0.15) is 0 Å². The summed E-state index contributed by atoms with van der Waals surface area (Å²) in [5.74, 6) is -0.362. The Kier molecular flexibility index (Phi) is 4.42. The zero-order chi connectivity index (χ0) is 18.7. The highest BCUT2D eigenvalue weighted by atomic mass is 16.6. The Morgan fingerprint density at radius 1 is 0.815 bits per heavy atom. The van der Waals surface area contributed by atoms with Crippen LogP contribution in [0.5, 0.6) is 0 Å². The summed E-state index contributed by atoms with van der Waals surface area (Å²) in [4.78, 5) is 31.2. The molecule has 0 N–H and O–H groups in total. The molecule has 2 amide bonds. The molecule has 5 heteroatoms. The van der Waals surface area contributed by atoms with E-state index < -0.39 is 11.7 Å². The molecule has 0 spiro atoms. The van der Waals surface area contributed by atoms with Crippen molar-refractivity contribution in [1.82, 2.24) is 9.88 Å². The van der Waals surface area contributed by atoms with E-state index in [1.165, 1.54) is 4.90 Å². The van der Waals surface area contributed by atoms with Gasteiger partial charge >= 0.3 is 6.09 Å². The molecule has 27 heavy (non-hydrogen) atoms. The predicted molar refractivity (Wildman–Crippen MR) is 99.8 cm³/mol. The highest BCUT2D eigenvalue weighted by Gasteiger charge is 2.56. The Morgan fingerprint density at radius 3 is 1.93 bits per heavy atom. The van der Waals surface area contributed by atoms with Gasteiger partial charge in [-0.25, -0.2) is 9.69 Å². The topological polar surface area (TPSA) is 59.5 Å². The standard InChI is InChI=1S/C22H18N2O3/c25-20-22(18-7-3-1-4-8-18,19-9-5-2-6-10-19)27-21(26)24(20)16-13-17-11-14-23-15-12-17/h1-12,14-15H,13,16H2. The Bertz CT molecular complexity index is 904. The van der Waals surface area contributed by atoms with Crippen molar-refractivity contribution in [3.8, 4) is 0 Å². The van der Waals surface area contributed by atoms with E-state index in [4.69, 9.17) is 4.74 Å². The van der Waals surface area contributed by atoms with Gasteiger partial charge in [0.25, 0.3) is 5.91 Å². The summed E-state index contributed by atoms with van der Waals surface area (Å²) >= 11 is 0. The number of aromatic nitrogens is 1. The van der Waals surface area contributed by atoms with Crippen LogP contribution in [-0.2, 0) is 21.6 Å². The van der Waals surface area contributed by atoms with Gasteiger partial charge < -0.3 is 4.74 Å². The van der Waals surface area contributed by atoms with Gasteiger partial charge in [-0.05, 0) is 24.1 Å². The van der Waals surface area contributed by atoms with Crippen molar-refractivity contribution in [2.75, 3.05) is 6.54 Å². The van der Waals surface area contributed by atoms with E-state index in [0.29, 0.717) is 17.5 Å². The molecule has 1 aliphatic heterocycles. The summed E-state index contributed by atoms with van der Waals surface area (Å²) in [5, 5.41) is 0. The molecule has 1 aliphatic rings. The number of carbonyl (C=O) groups excluding carboxylic acids is 2. The van der Waals surface area contributed by atoms with Gasteiger partial charge in [0.1, 0.15) is 0 Å². The molecule has 2 heterocycles. The molecule has 5 nitrogen and oxygen atoms in total. The lowest BCUT2D eigenvalue weighted by Crippen LogP contribution is -2.40. The first-order valence-electron chi connectivity index (χ1n) is 8.77. The van der Waals surface area contributed by atoms with Crippen molar-refractivity contribution in [3.05, 3.63) is 102 Å². The normalized spacial score (nSPS) is 15.6. The molecule has 134 valence electrons. The van der Waals surface area contributed by atoms with Crippen molar-refractivity contribution in [2.45, 2.75) is 12.0 Å². The number of ether oxygens (including phenoxy) is 1. The number of benzene rings is 2. The summed E-state index contributed by atoms with van der Waals surface area (Å²) in [6.45, 7) is 0.253. The van der Waals surface area contributed by atoms with Gasteiger partial charge in [-0.15, -0.1) is 0 Å². The number of hydrogen-bond acceptors (Lipinski definition) is 4. The van der Waals surface area contributed by atoms with Crippen molar-refractivity contribution in [3.63, 3.8) is 0 Å². The number of nitrogens with zero attached hydrogens (tertiary/aromatic N) is 2. The number of imide groups is 1. The summed E-state index contributed by atoms with van der Waals surface area (Å²) in [7, 11) is 0. The van der Waals surface area contributed by atoms with E-state index in [1.54, 1.807) is 12.4 Å². The lowest BCUT2D eigenvalue weighted by molar-refractivity contribution is -0.134. The number of rotatable bonds is 5. The number of carbonyl (C=O) groups is 2. The monoisotopic (exact) mass is 358 g/mol. The molecule has 1 saturated heterocycles. The minimum Gasteiger partial charge on any atom is -0.422 e. The Hall–Kier alpha value is -3.47. The van der Waals surface area contributed by atoms with Gasteiger partial charge in [0.15, 0.2) is 0 Å². The van der Waals surface area contributed by atoms with Crippen LogP contribution in [0.1, 0.15) is 16.7 Å². The fourth-order valence-electron chi connectivity index (χ4n) is 3.36. The maximum absolute atomic E-state index is 13.4. The van der Waals surface area contributed by atoms with Crippen LogP contribution < -0.4 is 0 Å². The molecule has 0 bridgehead atoms. The maximum atomic E-state index is 13.4. The lowest BCUT2D eigenvalue weighted by Gasteiger charge is -2.26. The molecule has 4 rings (SSSR count). The van der Waals surface area contributed by atoms with Crippen LogP contribution in [0, 0.1) is 0 Å². The van der Waals surface area contributed by atoms with E-state index in [2.05, 4.69) is 4.98 Å². The van der Waals surface area contributed by atoms with Crippen LogP contribution >= 0.6 is 0 Å². The van der Waals surface area contributed by atoms with E-state index in [9.17, 15) is 9.59 Å². The van der Waals surface area contributed by atoms with Crippen molar-refractivity contribution in [1.29, 1.82) is 0 Å². The third kappa shape index (κ3) is 2.97. The largest absolute Gasteiger partial charge is 0.422 e. The second-order valence-corrected chi connectivity index (χ2v) is 6.34. The zero-order valence-electron chi connectivity index (χ0n) is 14.6. The number of hydrogen-bond donors (Lipinski definition) is 0. The van der Waals surface area contributed by atoms with E-state index in [0.717, 1.165) is 5.56 Å². The molecule has 1 fully saturated rings. The highest BCUT2D eigenvalue weighted by Crippen LogP contribution is 2.40. The number of pyridine rings is 1. The fourth-order valence-corrected chi connectivity index (χ4v) is 3.36. The van der Waals surface area contributed by atoms with Gasteiger partial charge in [0, 0.05) is 30.1 Å². The second-order valence-electron chi connectivity index (χ2n) is 6.34. The first-order chi connectivity index (χ1) is 13.2. The number of cyclic esters (lactones) is 1. The summed E-state index contributed by atoms with van der Waals surface area (Å²) in [6, 6.07) is 22.0. The molecule has 0 radical (unpaired) electrons. The molecule has 0 aliphatic carbocycles. The van der Waals surface area contributed by atoms with E-state index in [1.807, 2.05) is 72.8 Å².